The minimum Gasteiger partial charge on any atom is -0.496 e. The molecule has 0 aliphatic rings. The second kappa shape index (κ2) is 7.33. The number of aryl methyl sites for hydroxylation is 1. The number of nitrogens with one attached hydrogen (secondary N) is 1. The maximum atomic E-state index is 5.42. The number of hydrogen-bond acceptors (Lipinski definition) is 5. The van der Waals surface area contributed by atoms with Crippen LogP contribution >= 0.6 is 11.3 Å². The van der Waals surface area contributed by atoms with Gasteiger partial charge >= 0.3 is 0 Å². The summed E-state index contributed by atoms with van der Waals surface area (Å²) >= 11 is 1.81. The molecule has 2 rings (SSSR count). The monoisotopic (exact) mass is 307 g/mol. The molecule has 0 amide bonds. The molecule has 2 aromatic rings. The van der Waals surface area contributed by atoms with Crippen LogP contribution in [0.1, 0.15) is 15.3 Å². The molecule has 0 saturated carbocycles. The molecule has 1 aromatic heterocycles. The van der Waals surface area contributed by atoms with Gasteiger partial charge in [-0.3, -0.25) is 0 Å². The lowest BCUT2D eigenvalue weighted by molar-refractivity contribution is 0.347. The molecule has 0 radical (unpaired) electrons. The van der Waals surface area contributed by atoms with Crippen LogP contribution in [0.3, 0.4) is 0 Å². The summed E-state index contributed by atoms with van der Waals surface area (Å²) < 4.78 is 16.0. The van der Waals surface area contributed by atoms with Gasteiger partial charge in [-0.15, -0.1) is 11.3 Å². The van der Waals surface area contributed by atoms with Crippen LogP contribution in [-0.4, -0.2) is 21.3 Å². The van der Waals surface area contributed by atoms with Gasteiger partial charge in [0, 0.05) is 34.5 Å². The molecule has 0 fully saturated rings. The number of methoxy groups -OCH3 is 3. The molecule has 0 atom stereocenters. The van der Waals surface area contributed by atoms with Crippen molar-refractivity contribution in [3.05, 3.63) is 39.6 Å². The van der Waals surface area contributed by atoms with Crippen molar-refractivity contribution in [3.63, 3.8) is 0 Å². The van der Waals surface area contributed by atoms with Crippen molar-refractivity contribution in [2.45, 2.75) is 20.0 Å². The van der Waals surface area contributed by atoms with Crippen LogP contribution in [0, 0.1) is 6.92 Å². The van der Waals surface area contributed by atoms with E-state index in [-0.39, 0.29) is 0 Å². The normalized spacial score (nSPS) is 10.5. The van der Waals surface area contributed by atoms with Gasteiger partial charge in [0.2, 0.25) is 0 Å². The zero-order valence-corrected chi connectivity index (χ0v) is 13.7. The van der Waals surface area contributed by atoms with E-state index in [9.17, 15) is 0 Å². The first-order chi connectivity index (χ1) is 10.2. The highest BCUT2D eigenvalue weighted by molar-refractivity contribution is 7.11. The maximum absolute atomic E-state index is 5.42. The van der Waals surface area contributed by atoms with Crippen LogP contribution in [0.2, 0.25) is 0 Å². The van der Waals surface area contributed by atoms with E-state index >= 15 is 0 Å². The molecule has 5 heteroatoms. The van der Waals surface area contributed by atoms with E-state index in [1.54, 1.807) is 21.3 Å². The zero-order chi connectivity index (χ0) is 15.2. The number of thiophene rings is 1. The molecule has 0 aliphatic carbocycles. The third-order valence-corrected chi connectivity index (χ3v) is 4.20. The molecule has 0 spiro atoms. The van der Waals surface area contributed by atoms with E-state index < -0.39 is 0 Å². The first-order valence-electron chi connectivity index (χ1n) is 6.72. The van der Waals surface area contributed by atoms with Gasteiger partial charge in [0.15, 0.2) is 11.5 Å². The second-order valence-electron chi connectivity index (χ2n) is 4.63. The predicted molar refractivity (Wildman–Crippen MR) is 85.7 cm³/mol. The van der Waals surface area contributed by atoms with Crippen LogP contribution in [0.15, 0.2) is 24.3 Å². The Morgan fingerprint density at radius 3 is 2.14 bits per heavy atom. The van der Waals surface area contributed by atoms with Gasteiger partial charge in [-0.05, 0) is 25.1 Å². The first kappa shape index (κ1) is 15.7. The second-order valence-corrected chi connectivity index (χ2v) is 6.01. The average Bonchev–Trinajstić information content (AvgIpc) is 2.92. The number of benzene rings is 1. The minimum atomic E-state index is 0.673. The van der Waals surface area contributed by atoms with E-state index in [2.05, 4.69) is 24.4 Å². The number of ether oxygens (including phenoxy) is 3. The van der Waals surface area contributed by atoms with Gasteiger partial charge in [-0.25, -0.2) is 0 Å². The molecule has 0 aliphatic heterocycles. The fourth-order valence-electron chi connectivity index (χ4n) is 2.13. The first-order valence-corrected chi connectivity index (χ1v) is 7.54. The topological polar surface area (TPSA) is 39.7 Å². The van der Waals surface area contributed by atoms with Crippen molar-refractivity contribution in [1.82, 2.24) is 5.32 Å². The third kappa shape index (κ3) is 3.89. The van der Waals surface area contributed by atoms with Crippen LogP contribution in [0.5, 0.6) is 17.2 Å². The molecule has 21 heavy (non-hydrogen) atoms. The summed E-state index contributed by atoms with van der Waals surface area (Å²) in [7, 11) is 4.91. The molecule has 1 heterocycles. The summed E-state index contributed by atoms with van der Waals surface area (Å²) in [5.74, 6) is 2.18. The third-order valence-electron chi connectivity index (χ3n) is 3.20. The van der Waals surface area contributed by atoms with Gasteiger partial charge < -0.3 is 19.5 Å². The van der Waals surface area contributed by atoms with Crippen molar-refractivity contribution < 1.29 is 14.2 Å². The summed E-state index contributed by atoms with van der Waals surface area (Å²) in [5, 5.41) is 3.43. The fraction of sp³-hybridized carbons (Fsp3) is 0.375. The van der Waals surface area contributed by atoms with E-state index in [0.29, 0.717) is 18.0 Å². The Hall–Kier alpha value is -1.72. The summed E-state index contributed by atoms with van der Waals surface area (Å²) in [6, 6.07) is 8.09. The van der Waals surface area contributed by atoms with Gasteiger partial charge in [0.25, 0.3) is 0 Å². The highest BCUT2D eigenvalue weighted by Gasteiger charge is 2.11. The SMILES string of the molecule is COc1cc(OC)c(OC)cc1CNCc1ccc(C)s1. The summed E-state index contributed by atoms with van der Waals surface area (Å²) in [4.78, 5) is 2.66. The standard InChI is InChI=1S/C16H21NO3S/c1-11-5-6-13(21-11)10-17-9-12-7-15(19-3)16(20-4)8-14(12)18-2/h5-8,17H,9-10H2,1-4H3. The van der Waals surface area contributed by atoms with E-state index in [1.807, 2.05) is 23.5 Å². The van der Waals surface area contributed by atoms with E-state index in [4.69, 9.17) is 14.2 Å². The summed E-state index contributed by atoms with van der Waals surface area (Å²) in [6.45, 7) is 3.67. The van der Waals surface area contributed by atoms with Gasteiger partial charge in [-0.2, -0.15) is 0 Å². The van der Waals surface area contributed by atoms with Crippen molar-refractivity contribution in [2.24, 2.45) is 0 Å². The molecule has 0 bridgehead atoms. The summed E-state index contributed by atoms with van der Waals surface area (Å²) in [6.07, 6.45) is 0. The Morgan fingerprint density at radius 2 is 1.57 bits per heavy atom. The predicted octanol–water partition coefficient (Wildman–Crippen LogP) is 3.37. The van der Waals surface area contributed by atoms with Crippen molar-refractivity contribution in [2.75, 3.05) is 21.3 Å². The summed E-state index contributed by atoms with van der Waals surface area (Å²) in [5.41, 5.74) is 1.04. The molecule has 4 nitrogen and oxygen atoms in total. The fourth-order valence-corrected chi connectivity index (χ4v) is 2.99. The van der Waals surface area contributed by atoms with E-state index in [0.717, 1.165) is 17.9 Å². The maximum Gasteiger partial charge on any atom is 0.164 e. The Labute approximate surface area is 129 Å². The van der Waals surface area contributed by atoms with Gasteiger partial charge in [-0.1, -0.05) is 0 Å². The van der Waals surface area contributed by atoms with Gasteiger partial charge in [0.1, 0.15) is 5.75 Å². The molecule has 0 unspecified atom stereocenters. The highest BCUT2D eigenvalue weighted by atomic mass is 32.1. The zero-order valence-electron chi connectivity index (χ0n) is 12.9. The highest BCUT2D eigenvalue weighted by Crippen LogP contribution is 2.34. The van der Waals surface area contributed by atoms with Crippen molar-refractivity contribution in [3.8, 4) is 17.2 Å². The Morgan fingerprint density at radius 1 is 0.905 bits per heavy atom. The molecular formula is C16H21NO3S. The minimum absolute atomic E-state index is 0.673. The molecule has 114 valence electrons. The quantitative estimate of drug-likeness (QED) is 0.851. The van der Waals surface area contributed by atoms with Crippen LogP contribution < -0.4 is 19.5 Å². The molecule has 1 N–H and O–H groups in total. The van der Waals surface area contributed by atoms with Crippen molar-refractivity contribution >= 4 is 11.3 Å². The molecular weight excluding hydrogens is 286 g/mol. The Kier molecular flexibility index (Phi) is 5.47. The van der Waals surface area contributed by atoms with Gasteiger partial charge in [0.05, 0.1) is 21.3 Å². The molecule has 1 aromatic carbocycles. The lowest BCUT2D eigenvalue weighted by Gasteiger charge is -2.14. The Balaban J connectivity index is 2.07. The smallest absolute Gasteiger partial charge is 0.164 e. The number of hydrogen-bond donors (Lipinski definition) is 1. The van der Waals surface area contributed by atoms with Crippen molar-refractivity contribution in [1.29, 1.82) is 0 Å². The lowest BCUT2D eigenvalue weighted by atomic mass is 10.1. The lowest BCUT2D eigenvalue weighted by Crippen LogP contribution is -2.12. The molecule has 0 saturated heterocycles. The average molecular weight is 307 g/mol. The number of rotatable bonds is 7. The van der Waals surface area contributed by atoms with Crippen LogP contribution in [-0.2, 0) is 13.1 Å². The van der Waals surface area contributed by atoms with E-state index in [1.165, 1.54) is 9.75 Å². The van der Waals surface area contributed by atoms with Crippen LogP contribution in [0.25, 0.3) is 0 Å². The Bertz CT molecular complexity index is 595. The largest absolute Gasteiger partial charge is 0.496 e. The van der Waals surface area contributed by atoms with Crippen LogP contribution in [0.4, 0.5) is 0 Å².